The van der Waals surface area contributed by atoms with Gasteiger partial charge in [0.05, 0.1) is 6.61 Å². The zero-order valence-corrected chi connectivity index (χ0v) is 11.9. The smallest absolute Gasteiger partial charge is 0.306 e. The molecule has 0 fully saturated rings. The molecular formula is C12H15BrO2S. The predicted octanol–water partition coefficient (Wildman–Crippen LogP) is 4.26. The first-order valence-corrected chi connectivity index (χ1v) is 6.88. The summed E-state index contributed by atoms with van der Waals surface area (Å²) >= 11 is 5.19. The second kappa shape index (κ2) is 6.86. The van der Waals surface area contributed by atoms with Crippen LogP contribution in [0.5, 0.6) is 0 Å². The molecular weight excluding hydrogens is 288 g/mol. The van der Waals surface area contributed by atoms with Crippen LogP contribution >= 0.6 is 27.3 Å². The van der Waals surface area contributed by atoms with E-state index in [1.54, 1.807) is 11.3 Å². The number of hydrogen-bond donors (Lipinski definition) is 0. The van der Waals surface area contributed by atoms with Crippen LogP contribution in [-0.2, 0) is 9.53 Å². The van der Waals surface area contributed by atoms with Crippen molar-refractivity contribution in [2.24, 2.45) is 0 Å². The molecule has 0 bridgehead atoms. The fourth-order valence-corrected chi connectivity index (χ4v) is 3.00. The average molecular weight is 303 g/mol. The predicted molar refractivity (Wildman–Crippen MR) is 71.5 cm³/mol. The normalized spacial score (nSPS) is 11.6. The van der Waals surface area contributed by atoms with Crippen molar-refractivity contribution < 1.29 is 9.53 Å². The van der Waals surface area contributed by atoms with E-state index in [4.69, 9.17) is 4.74 Å². The Kier molecular flexibility index (Phi) is 5.77. The molecule has 1 aromatic rings. The molecule has 0 N–H and O–H groups in total. The van der Waals surface area contributed by atoms with Crippen molar-refractivity contribution in [3.63, 3.8) is 0 Å². The Morgan fingerprint density at radius 2 is 2.38 bits per heavy atom. The van der Waals surface area contributed by atoms with Crippen LogP contribution in [0.3, 0.4) is 0 Å². The quantitative estimate of drug-likeness (QED) is 0.760. The summed E-state index contributed by atoms with van der Waals surface area (Å²) in [6.45, 7) is 4.33. The van der Waals surface area contributed by atoms with Crippen molar-refractivity contribution >= 4 is 38.8 Å². The number of carbonyl (C=O) groups is 1. The molecule has 2 nitrogen and oxygen atoms in total. The van der Waals surface area contributed by atoms with Gasteiger partial charge in [0.1, 0.15) is 0 Å². The van der Waals surface area contributed by atoms with Crippen LogP contribution in [0.15, 0.2) is 22.0 Å². The third-order valence-electron chi connectivity index (χ3n) is 2.08. The molecule has 0 saturated heterocycles. The summed E-state index contributed by atoms with van der Waals surface area (Å²) in [4.78, 5) is 12.3. The van der Waals surface area contributed by atoms with E-state index >= 15 is 0 Å². The van der Waals surface area contributed by atoms with E-state index in [9.17, 15) is 4.79 Å². The van der Waals surface area contributed by atoms with Gasteiger partial charge in [-0.2, -0.15) is 0 Å². The van der Waals surface area contributed by atoms with E-state index in [1.165, 1.54) is 10.5 Å². The fraction of sp³-hybridized carbons (Fsp3) is 0.417. The van der Waals surface area contributed by atoms with Gasteiger partial charge in [-0.3, -0.25) is 4.79 Å². The van der Waals surface area contributed by atoms with E-state index in [1.807, 2.05) is 18.4 Å². The van der Waals surface area contributed by atoms with Crippen molar-refractivity contribution in [2.45, 2.75) is 26.7 Å². The molecule has 1 rings (SSSR count). The lowest BCUT2D eigenvalue weighted by atomic mass is 10.2. The number of halogens is 1. The highest BCUT2D eigenvalue weighted by Crippen LogP contribution is 2.29. The molecule has 0 atom stereocenters. The van der Waals surface area contributed by atoms with Gasteiger partial charge in [-0.05, 0) is 53.2 Å². The Morgan fingerprint density at radius 1 is 1.62 bits per heavy atom. The zero-order chi connectivity index (χ0) is 12.0. The summed E-state index contributed by atoms with van der Waals surface area (Å²) in [5.74, 6) is -0.128. The fourth-order valence-electron chi connectivity index (χ4n) is 1.31. The number of hydrogen-bond acceptors (Lipinski definition) is 3. The monoisotopic (exact) mass is 302 g/mol. The Balaban J connectivity index is 2.46. The first-order valence-electron chi connectivity index (χ1n) is 5.21. The first-order chi connectivity index (χ1) is 7.65. The molecule has 1 heterocycles. The van der Waals surface area contributed by atoms with Gasteiger partial charge in [0.25, 0.3) is 0 Å². The molecule has 16 heavy (non-hydrogen) atoms. The maximum Gasteiger partial charge on any atom is 0.306 e. The van der Waals surface area contributed by atoms with Crippen LogP contribution < -0.4 is 0 Å². The summed E-state index contributed by atoms with van der Waals surface area (Å²) in [7, 11) is 0. The molecule has 0 aliphatic carbocycles. The van der Waals surface area contributed by atoms with Crippen LogP contribution in [-0.4, -0.2) is 12.6 Å². The topological polar surface area (TPSA) is 26.3 Å². The van der Waals surface area contributed by atoms with Gasteiger partial charge < -0.3 is 4.74 Å². The highest BCUT2D eigenvalue weighted by Gasteiger charge is 2.04. The number of allylic oxidation sites excluding steroid dienone is 2. The minimum Gasteiger partial charge on any atom is -0.466 e. The van der Waals surface area contributed by atoms with Gasteiger partial charge in [0, 0.05) is 15.8 Å². The number of thiophene rings is 1. The molecule has 0 aliphatic heterocycles. The molecule has 0 unspecified atom stereocenters. The van der Waals surface area contributed by atoms with Crippen molar-refractivity contribution in [3.05, 3.63) is 26.9 Å². The average Bonchev–Trinajstić information content (AvgIpc) is 2.64. The number of carbonyl (C=O) groups excluding carboxylic acids is 1. The minimum absolute atomic E-state index is 0.128. The van der Waals surface area contributed by atoms with E-state index < -0.39 is 0 Å². The highest BCUT2D eigenvalue weighted by molar-refractivity contribution is 9.10. The molecule has 1 aromatic heterocycles. The van der Waals surface area contributed by atoms with E-state index in [0.29, 0.717) is 13.0 Å². The van der Waals surface area contributed by atoms with Crippen molar-refractivity contribution in [3.8, 4) is 0 Å². The van der Waals surface area contributed by atoms with Crippen molar-refractivity contribution in [1.82, 2.24) is 0 Å². The largest absolute Gasteiger partial charge is 0.466 e. The van der Waals surface area contributed by atoms with E-state index in [0.717, 1.165) is 10.9 Å². The van der Waals surface area contributed by atoms with Crippen molar-refractivity contribution in [2.75, 3.05) is 6.61 Å². The highest BCUT2D eigenvalue weighted by atomic mass is 79.9. The van der Waals surface area contributed by atoms with Gasteiger partial charge in [-0.15, -0.1) is 11.3 Å². The zero-order valence-electron chi connectivity index (χ0n) is 9.46. The van der Waals surface area contributed by atoms with Crippen LogP contribution in [0.1, 0.15) is 31.6 Å². The molecule has 4 heteroatoms. The van der Waals surface area contributed by atoms with E-state index in [-0.39, 0.29) is 5.97 Å². The standard InChI is InChI=1S/C12H15BrO2S/c1-3-15-11(14)6-4-5-9(2)12-10(13)7-8-16-12/h5,7-8H,3-4,6H2,1-2H3. The number of esters is 1. The number of ether oxygens (including phenoxy) is 1. The molecule has 0 aliphatic rings. The Labute approximate surface area is 108 Å². The SMILES string of the molecule is CCOC(=O)CCC=C(C)c1sccc1Br. The van der Waals surface area contributed by atoms with Gasteiger partial charge >= 0.3 is 5.97 Å². The lowest BCUT2D eigenvalue weighted by Gasteiger charge is -2.00. The second-order valence-corrected chi connectivity index (χ2v) is 5.10. The third kappa shape index (κ3) is 4.10. The molecule has 0 aromatic carbocycles. The van der Waals surface area contributed by atoms with Gasteiger partial charge in [-0.1, -0.05) is 6.08 Å². The lowest BCUT2D eigenvalue weighted by molar-refractivity contribution is -0.142. The van der Waals surface area contributed by atoms with Crippen LogP contribution in [0.25, 0.3) is 5.57 Å². The summed E-state index contributed by atoms with van der Waals surface area (Å²) in [6, 6.07) is 2.03. The minimum atomic E-state index is -0.128. The summed E-state index contributed by atoms with van der Waals surface area (Å²) < 4.78 is 5.98. The van der Waals surface area contributed by atoms with Crippen LogP contribution in [0, 0.1) is 0 Å². The summed E-state index contributed by atoms with van der Waals surface area (Å²) in [5, 5.41) is 2.04. The third-order valence-corrected chi connectivity index (χ3v) is 4.05. The van der Waals surface area contributed by atoms with Gasteiger partial charge in [-0.25, -0.2) is 0 Å². The van der Waals surface area contributed by atoms with Crippen LogP contribution in [0.4, 0.5) is 0 Å². The molecule has 0 amide bonds. The maximum atomic E-state index is 11.1. The van der Waals surface area contributed by atoms with Gasteiger partial charge in [0.15, 0.2) is 0 Å². The Hall–Kier alpha value is -0.610. The lowest BCUT2D eigenvalue weighted by Crippen LogP contribution is -2.02. The number of rotatable bonds is 5. The van der Waals surface area contributed by atoms with Crippen LogP contribution in [0.2, 0.25) is 0 Å². The summed E-state index contributed by atoms with van der Waals surface area (Å²) in [6.07, 6.45) is 3.26. The maximum absolute atomic E-state index is 11.1. The molecule has 0 radical (unpaired) electrons. The second-order valence-electron chi connectivity index (χ2n) is 3.33. The first kappa shape index (κ1) is 13.5. The molecule has 0 saturated carbocycles. The Morgan fingerprint density at radius 3 is 2.94 bits per heavy atom. The van der Waals surface area contributed by atoms with Crippen molar-refractivity contribution in [1.29, 1.82) is 0 Å². The Bertz CT molecular complexity index is 382. The molecule has 88 valence electrons. The summed E-state index contributed by atoms with van der Waals surface area (Å²) in [5.41, 5.74) is 1.20. The van der Waals surface area contributed by atoms with E-state index in [2.05, 4.69) is 28.9 Å². The van der Waals surface area contributed by atoms with Gasteiger partial charge in [0.2, 0.25) is 0 Å². The molecule has 0 spiro atoms.